The highest BCUT2D eigenvalue weighted by Crippen LogP contribution is 2.48. The Morgan fingerprint density at radius 2 is 1.79 bits per heavy atom. The molecule has 1 N–H and O–H groups in total. The molecule has 158 valence electrons. The second-order valence-corrected chi connectivity index (χ2v) is 10.3. The average molecular weight is 409 g/mol. The third kappa shape index (κ3) is 6.67. The molecule has 5 nitrogen and oxygen atoms in total. The number of hydrogen-bond donors (Lipinski definition) is 1. The van der Waals surface area contributed by atoms with Crippen LogP contribution >= 0.6 is 7.60 Å². The van der Waals surface area contributed by atoms with Crippen molar-refractivity contribution < 1.29 is 13.6 Å². The summed E-state index contributed by atoms with van der Waals surface area (Å²) >= 11 is 0. The van der Waals surface area contributed by atoms with E-state index >= 15 is 0 Å². The molecule has 0 bridgehead atoms. The lowest BCUT2D eigenvalue weighted by atomic mass is 9.96. The van der Waals surface area contributed by atoms with Crippen molar-refractivity contribution in [1.29, 1.82) is 0 Å². The number of rotatable bonds is 12. The predicted octanol–water partition coefficient (Wildman–Crippen LogP) is 4.50. The van der Waals surface area contributed by atoms with E-state index in [-0.39, 0.29) is 0 Å². The molecule has 1 aliphatic carbocycles. The van der Waals surface area contributed by atoms with Crippen LogP contribution in [0.15, 0.2) is 30.3 Å². The Balaban J connectivity index is 1.28. The predicted molar refractivity (Wildman–Crippen MR) is 115 cm³/mol. The first-order valence-corrected chi connectivity index (χ1v) is 12.7. The first kappa shape index (κ1) is 22.0. The molecule has 28 heavy (non-hydrogen) atoms. The minimum atomic E-state index is -2.88. The summed E-state index contributed by atoms with van der Waals surface area (Å²) < 4.78 is 23.3. The number of benzene rings is 1. The van der Waals surface area contributed by atoms with Gasteiger partial charge in [-0.25, -0.2) is 0 Å². The molecule has 1 saturated carbocycles. The Kier molecular flexibility index (Phi) is 8.55. The van der Waals surface area contributed by atoms with Crippen molar-refractivity contribution in [3.05, 3.63) is 35.9 Å². The fourth-order valence-electron chi connectivity index (χ4n) is 4.27. The molecule has 2 fully saturated rings. The van der Waals surface area contributed by atoms with Crippen molar-refractivity contribution >= 4 is 7.60 Å². The molecule has 0 spiro atoms. The SMILES string of the molecule is CCOP(=O)(CCCN1CCC(CNC2CC2c2ccccc2)CC1)OCC. The summed E-state index contributed by atoms with van der Waals surface area (Å²) in [7, 11) is -2.88. The van der Waals surface area contributed by atoms with Gasteiger partial charge in [0, 0.05) is 12.0 Å². The normalized spacial score (nSPS) is 23.8. The fourth-order valence-corrected chi connectivity index (χ4v) is 5.92. The van der Waals surface area contributed by atoms with Crippen molar-refractivity contribution in [1.82, 2.24) is 10.2 Å². The zero-order chi connectivity index (χ0) is 19.8. The third-order valence-electron chi connectivity index (χ3n) is 5.95. The molecule has 2 aliphatic rings. The van der Waals surface area contributed by atoms with Gasteiger partial charge in [-0.3, -0.25) is 4.57 Å². The van der Waals surface area contributed by atoms with Gasteiger partial charge in [-0.15, -0.1) is 0 Å². The van der Waals surface area contributed by atoms with Crippen LogP contribution in [0.3, 0.4) is 0 Å². The topological polar surface area (TPSA) is 50.8 Å². The van der Waals surface area contributed by atoms with Gasteiger partial charge >= 0.3 is 7.60 Å². The molecule has 1 saturated heterocycles. The van der Waals surface area contributed by atoms with Crippen molar-refractivity contribution in [3.8, 4) is 0 Å². The molecule has 0 aromatic heterocycles. The van der Waals surface area contributed by atoms with Crippen LogP contribution in [0.1, 0.15) is 51.0 Å². The first-order chi connectivity index (χ1) is 13.6. The molecule has 6 heteroatoms. The number of likely N-dealkylation sites (tertiary alicyclic amines) is 1. The van der Waals surface area contributed by atoms with Crippen LogP contribution in [0, 0.1) is 5.92 Å². The Hall–Kier alpha value is -0.710. The molecule has 1 aromatic carbocycles. The van der Waals surface area contributed by atoms with Crippen LogP contribution in [0.2, 0.25) is 0 Å². The summed E-state index contributed by atoms with van der Waals surface area (Å²) in [5.41, 5.74) is 1.48. The van der Waals surface area contributed by atoms with E-state index in [1.54, 1.807) is 0 Å². The van der Waals surface area contributed by atoms with Crippen LogP contribution in [-0.2, 0) is 13.6 Å². The summed E-state index contributed by atoms with van der Waals surface area (Å²) in [5.74, 6) is 1.50. The van der Waals surface area contributed by atoms with Crippen LogP contribution in [-0.4, -0.2) is 56.5 Å². The maximum atomic E-state index is 12.5. The fraction of sp³-hybridized carbons (Fsp3) is 0.727. The van der Waals surface area contributed by atoms with E-state index in [0.29, 0.717) is 31.3 Å². The molecule has 0 radical (unpaired) electrons. The van der Waals surface area contributed by atoms with Crippen LogP contribution in [0.4, 0.5) is 0 Å². The lowest BCUT2D eigenvalue weighted by Gasteiger charge is -2.32. The van der Waals surface area contributed by atoms with Crippen molar-refractivity contribution in [2.24, 2.45) is 5.92 Å². The highest BCUT2D eigenvalue weighted by molar-refractivity contribution is 7.53. The smallest absolute Gasteiger partial charge is 0.313 e. The van der Waals surface area contributed by atoms with E-state index in [1.165, 1.54) is 24.8 Å². The molecular weight excluding hydrogens is 371 g/mol. The van der Waals surface area contributed by atoms with Gasteiger partial charge in [-0.1, -0.05) is 30.3 Å². The molecular formula is C22H37N2O3P. The molecule has 1 aliphatic heterocycles. The molecule has 2 unspecified atom stereocenters. The van der Waals surface area contributed by atoms with Gasteiger partial charge in [0.25, 0.3) is 0 Å². The summed E-state index contributed by atoms with van der Waals surface area (Å²) in [6, 6.07) is 11.5. The van der Waals surface area contributed by atoms with Gasteiger partial charge in [0.05, 0.1) is 19.4 Å². The zero-order valence-corrected chi connectivity index (χ0v) is 18.4. The minimum absolute atomic E-state index is 0.446. The summed E-state index contributed by atoms with van der Waals surface area (Å²) in [4.78, 5) is 2.50. The highest BCUT2D eigenvalue weighted by Gasteiger charge is 2.38. The quantitative estimate of drug-likeness (QED) is 0.516. The van der Waals surface area contributed by atoms with E-state index in [0.717, 1.165) is 38.5 Å². The molecule has 1 aromatic rings. The number of nitrogens with one attached hydrogen (secondary N) is 1. The second kappa shape index (κ2) is 10.9. The molecule has 2 atom stereocenters. The van der Waals surface area contributed by atoms with Crippen molar-refractivity contribution in [3.63, 3.8) is 0 Å². The molecule has 3 rings (SSSR count). The highest BCUT2D eigenvalue weighted by atomic mass is 31.2. The lowest BCUT2D eigenvalue weighted by molar-refractivity contribution is 0.179. The van der Waals surface area contributed by atoms with E-state index in [2.05, 4.69) is 40.5 Å². The number of hydrogen-bond acceptors (Lipinski definition) is 5. The minimum Gasteiger partial charge on any atom is -0.313 e. The van der Waals surface area contributed by atoms with E-state index in [4.69, 9.17) is 9.05 Å². The second-order valence-electron chi connectivity index (χ2n) is 8.08. The molecule has 1 heterocycles. The van der Waals surface area contributed by atoms with Gasteiger partial charge in [-0.2, -0.15) is 0 Å². The maximum Gasteiger partial charge on any atom is 0.330 e. The van der Waals surface area contributed by atoms with Gasteiger partial charge in [-0.05, 0) is 77.2 Å². The molecule has 0 amide bonds. The van der Waals surface area contributed by atoms with Crippen molar-refractivity contribution in [2.75, 3.05) is 45.6 Å². The van der Waals surface area contributed by atoms with Crippen LogP contribution in [0.5, 0.6) is 0 Å². The Labute approximate surface area is 170 Å². The number of nitrogens with zero attached hydrogens (tertiary/aromatic N) is 1. The van der Waals surface area contributed by atoms with Gasteiger partial charge in [0.2, 0.25) is 0 Å². The van der Waals surface area contributed by atoms with Gasteiger partial charge in [0.15, 0.2) is 0 Å². The summed E-state index contributed by atoms with van der Waals surface area (Å²) in [6.45, 7) is 9.06. The van der Waals surface area contributed by atoms with E-state index < -0.39 is 7.60 Å². The monoisotopic (exact) mass is 408 g/mol. The Bertz CT molecular complexity index is 609. The zero-order valence-electron chi connectivity index (χ0n) is 17.5. The lowest BCUT2D eigenvalue weighted by Crippen LogP contribution is -2.38. The Morgan fingerprint density at radius 1 is 1.11 bits per heavy atom. The summed E-state index contributed by atoms with van der Waals surface area (Å²) in [6.07, 6.45) is 5.19. The standard InChI is InChI=1S/C22H37N2O3P/c1-3-26-28(25,27-4-2)16-8-13-24-14-11-19(12-15-24)18-23-22-17-21(22)20-9-6-5-7-10-20/h5-7,9-10,19,21-23H,3-4,8,11-18H2,1-2H3. The first-order valence-electron chi connectivity index (χ1n) is 11.0. The maximum absolute atomic E-state index is 12.5. The number of piperidine rings is 1. The van der Waals surface area contributed by atoms with E-state index in [1.807, 2.05) is 13.8 Å². The van der Waals surface area contributed by atoms with Crippen LogP contribution in [0.25, 0.3) is 0 Å². The summed E-state index contributed by atoms with van der Waals surface area (Å²) in [5, 5.41) is 3.79. The van der Waals surface area contributed by atoms with Gasteiger partial charge in [0.1, 0.15) is 0 Å². The van der Waals surface area contributed by atoms with Gasteiger partial charge < -0.3 is 19.3 Å². The third-order valence-corrected chi connectivity index (χ3v) is 8.12. The van der Waals surface area contributed by atoms with E-state index in [9.17, 15) is 4.57 Å². The Morgan fingerprint density at radius 3 is 2.43 bits per heavy atom. The van der Waals surface area contributed by atoms with Crippen LogP contribution < -0.4 is 5.32 Å². The average Bonchev–Trinajstić information content (AvgIpc) is 3.48. The van der Waals surface area contributed by atoms with Crippen molar-refractivity contribution in [2.45, 2.75) is 51.5 Å². The largest absolute Gasteiger partial charge is 0.330 e.